The number of urea groups is 1. The van der Waals surface area contributed by atoms with Crippen molar-refractivity contribution < 1.29 is 23.9 Å². The van der Waals surface area contributed by atoms with Crippen LogP contribution in [0, 0.1) is 5.92 Å². The fourth-order valence-electron chi connectivity index (χ4n) is 2.38. The summed E-state index contributed by atoms with van der Waals surface area (Å²) in [5.41, 5.74) is 1.01. The highest BCUT2D eigenvalue weighted by Gasteiger charge is 2.41. The van der Waals surface area contributed by atoms with Crippen LogP contribution in [0.5, 0.6) is 0 Å². The van der Waals surface area contributed by atoms with Crippen molar-refractivity contribution in [2.75, 3.05) is 18.5 Å². The molecule has 0 aliphatic carbocycles. The lowest BCUT2D eigenvalue weighted by Crippen LogP contribution is -2.58. The average Bonchev–Trinajstić information content (AvgIpc) is 2.59. The first kappa shape index (κ1) is 18.9. The van der Waals surface area contributed by atoms with E-state index in [1.165, 1.54) is 6.08 Å². The number of amides is 4. The maximum Gasteiger partial charge on any atom is 0.338 e. The molecule has 0 aromatic heterocycles. The third kappa shape index (κ3) is 3.97. The fourth-order valence-corrected chi connectivity index (χ4v) is 2.38. The van der Waals surface area contributed by atoms with Gasteiger partial charge in [-0.1, -0.05) is 12.7 Å². The lowest BCUT2D eigenvalue weighted by Gasteiger charge is -2.30. The molecule has 2 N–H and O–H groups in total. The van der Waals surface area contributed by atoms with Crippen molar-refractivity contribution in [1.82, 2.24) is 10.2 Å². The second-order valence-corrected chi connectivity index (χ2v) is 5.41. The van der Waals surface area contributed by atoms with Crippen LogP contribution in [0.1, 0.15) is 17.3 Å². The molecule has 1 fully saturated rings. The van der Waals surface area contributed by atoms with Gasteiger partial charge in [-0.3, -0.25) is 19.8 Å². The molecule has 0 saturated carbocycles. The second-order valence-electron chi connectivity index (χ2n) is 5.41. The predicted molar refractivity (Wildman–Crippen MR) is 94.1 cm³/mol. The Kier molecular flexibility index (Phi) is 5.90. The molecule has 1 aliphatic heterocycles. The monoisotopic (exact) mass is 357 g/mol. The van der Waals surface area contributed by atoms with Gasteiger partial charge < -0.3 is 10.1 Å². The van der Waals surface area contributed by atoms with Gasteiger partial charge >= 0.3 is 12.0 Å². The fraction of sp³-hybridized carbons (Fsp3) is 0.222. The zero-order valence-electron chi connectivity index (χ0n) is 14.3. The van der Waals surface area contributed by atoms with Crippen molar-refractivity contribution in [2.24, 2.45) is 5.92 Å². The van der Waals surface area contributed by atoms with Crippen molar-refractivity contribution in [1.29, 1.82) is 0 Å². The Morgan fingerprint density at radius 2 is 1.96 bits per heavy atom. The first-order valence-corrected chi connectivity index (χ1v) is 7.89. The zero-order valence-corrected chi connectivity index (χ0v) is 14.3. The summed E-state index contributed by atoms with van der Waals surface area (Å²) in [6.45, 7) is 9.18. The smallest absolute Gasteiger partial charge is 0.338 e. The van der Waals surface area contributed by atoms with E-state index in [1.807, 2.05) is 0 Å². The van der Waals surface area contributed by atoms with E-state index in [0.717, 1.165) is 4.90 Å². The van der Waals surface area contributed by atoms with E-state index in [1.54, 1.807) is 31.2 Å². The molecule has 0 spiro atoms. The van der Waals surface area contributed by atoms with Crippen LogP contribution in [-0.2, 0) is 14.3 Å². The molecule has 1 aliphatic rings. The van der Waals surface area contributed by atoms with Gasteiger partial charge in [0.05, 0.1) is 12.2 Å². The number of hydrogen-bond donors (Lipinski definition) is 2. The molecule has 0 unspecified atom stereocenters. The number of carbonyl (C=O) groups excluding carboxylic acids is 4. The highest BCUT2D eigenvalue weighted by molar-refractivity contribution is 6.18. The number of hydrogen-bond acceptors (Lipinski definition) is 6. The molecule has 8 heteroatoms. The highest BCUT2D eigenvalue weighted by atomic mass is 16.5. The quantitative estimate of drug-likeness (QED) is 0.437. The Bertz CT molecular complexity index is 770. The Morgan fingerprint density at radius 3 is 2.54 bits per heavy atom. The third-order valence-corrected chi connectivity index (χ3v) is 3.61. The summed E-state index contributed by atoms with van der Waals surface area (Å²) in [5, 5.41) is 4.97. The van der Waals surface area contributed by atoms with E-state index < -0.39 is 29.7 Å². The number of rotatable bonds is 7. The number of benzene rings is 1. The number of ether oxygens (including phenoxy) is 1. The normalized spacial score (nSPS) is 16.7. The van der Waals surface area contributed by atoms with Gasteiger partial charge in [-0.25, -0.2) is 9.59 Å². The van der Waals surface area contributed by atoms with Crippen LogP contribution in [0.15, 0.2) is 49.2 Å². The lowest BCUT2D eigenvalue weighted by atomic mass is 10.0. The maximum absolute atomic E-state index is 12.4. The van der Waals surface area contributed by atoms with E-state index in [0.29, 0.717) is 11.3 Å². The van der Waals surface area contributed by atoms with Crippen molar-refractivity contribution in [3.8, 4) is 0 Å². The van der Waals surface area contributed by atoms with Crippen LogP contribution in [0.2, 0.25) is 0 Å². The van der Waals surface area contributed by atoms with Crippen LogP contribution in [0.3, 0.4) is 0 Å². The van der Waals surface area contributed by atoms with E-state index in [2.05, 4.69) is 23.8 Å². The Balaban J connectivity index is 2.12. The zero-order chi connectivity index (χ0) is 19.3. The number of anilines is 1. The van der Waals surface area contributed by atoms with Gasteiger partial charge in [0.15, 0.2) is 5.92 Å². The third-order valence-electron chi connectivity index (χ3n) is 3.61. The average molecular weight is 357 g/mol. The van der Waals surface area contributed by atoms with Crippen LogP contribution in [-0.4, -0.2) is 41.9 Å². The molecule has 0 radical (unpaired) electrons. The number of nitrogens with one attached hydrogen (secondary N) is 2. The van der Waals surface area contributed by atoms with Gasteiger partial charge in [-0.05, 0) is 31.2 Å². The standard InChI is InChI=1S/C18H19N3O5/c1-4-10-21-16(23)14(15(22)20-18(21)25)11(3)19-13-8-6-12(7-9-13)17(24)26-5-2/h4,6-9,14,19H,1,3,5,10H2,2H3,(H,20,22,25)/t14-/m1/s1. The summed E-state index contributed by atoms with van der Waals surface area (Å²) in [6.07, 6.45) is 1.38. The molecule has 1 aromatic rings. The van der Waals surface area contributed by atoms with Gasteiger partial charge in [0.25, 0.3) is 0 Å². The van der Waals surface area contributed by atoms with Gasteiger partial charge in [-0.15, -0.1) is 6.58 Å². The van der Waals surface area contributed by atoms with E-state index in [-0.39, 0.29) is 18.8 Å². The summed E-state index contributed by atoms with van der Waals surface area (Å²) < 4.78 is 4.90. The Morgan fingerprint density at radius 1 is 1.31 bits per heavy atom. The summed E-state index contributed by atoms with van der Waals surface area (Å²) in [7, 11) is 0. The molecule has 1 aromatic carbocycles. The van der Waals surface area contributed by atoms with Gasteiger partial charge in [0.1, 0.15) is 0 Å². The Hall–Kier alpha value is -3.42. The van der Waals surface area contributed by atoms with Gasteiger partial charge in [-0.2, -0.15) is 0 Å². The van der Waals surface area contributed by atoms with E-state index in [4.69, 9.17) is 4.74 Å². The van der Waals surface area contributed by atoms with E-state index in [9.17, 15) is 19.2 Å². The molecule has 0 bridgehead atoms. The molecule has 1 heterocycles. The minimum atomic E-state index is -1.25. The first-order valence-electron chi connectivity index (χ1n) is 7.89. The summed E-state index contributed by atoms with van der Waals surface area (Å²) >= 11 is 0. The molecule has 136 valence electrons. The van der Waals surface area contributed by atoms with Crippen molar-refractivity contribution in [3.63, 3.8) is 0 Å². The summed E-state index contributed by atoms with van der Waals surface area (Å²) in [4.78, 5) is 48.7. The number of barbiturate groups is 1. The topological polar surface area (TPSA) is 105 Å². The molecule has 4 amide bonds. The molecule has 1 saturated heterocycles. The molecular weight excluding hydrogens is 338 g/mol. The lowest BCUT2D eigenvalue weighted by molar-refractivity contribution is -0.140. The number of nitrogens with zero attached hydrogens (tertiary/aromatic N) is 1. The van der Waals surface area contributed by atoms with Crippen molar-refractivity contribution in [2.45, 2.75) is 6.92 Å². The predicted octanol–water partition coefficient (Wildman–Crippen LogP) is 1.67. The number of carbonyl (C=O) groups is 4. The highest BCUT2D eigenvalue weighted by Crippen LogP contribution is 2.21. The van der Waals surface area contributed by atoms with E-state index >= 15 is 0 Å². The maximum atomic E-state index is 12.4. The van der Waals surface area contributed by atoms with Gasteiger partial charge in [0, 0.05) is 17.9 Å². The number of imide groups is 2. The van der Waals surface area contributed by atoms with Crippen LogP contribution in [0.4, 0.5) is 10.5 Å². The SMILES string of the molecule is C=CCN1C(=O)NC(=O)[C@@H](C(=C)Nc2ccc(C(=O)OCC)cc2)C1=O. The summed E-state index contributed by atoms with van der Waals surface area (Å²) in [5.74, 6) is -3.13. The second kappa shape index (κ2) is 8.11. The molecular formula is C18H19N3O5. The minimum absolute atomic E-state index is 0.0179. The first-order chi connectivity index (χ1) is 12.4. The van der Waals surface area contributed by atoms with Gasteiger partial charge in [0.2, 0.25) is 11.8 Å². The minimum Gasteiger partial charge on any atom is -0.462 e. The molecule has 1 atom stereocenters. The van der Waals surface area contributed by atoms with Crippen molar-refractivity contribution in [3.05, 3.63) is 54.8 Å². The molecule has 8 nitrogen and oxygen atoms in total. The van der Waals surface area contributed by atoms with Crippen molar-refractivity contribution >= 4 is 29.5 Å². The van der Waals surface area contributed by atoms with Crippen LogP contribution >= 0.6 is 0 Å². The molecule has 2 rings (SSSR count). The summed E-state index contributed by atoms with van der Waals surface area (Å²) in [6, 6.07) is 5.49. The molecule has 26 heavy (non-hydrogen) atoms. The van der Waals surface area contributed by atoms with Crippen LogP contribution < -0.4 is 10.6 Å². The van der Waals surface area contributed by atoms with Crippen LogP contribution in [0.25, 0.3) is 0 Å². The largest absolute Gasteiger partial charge is 0.462 e. The number of esters is 1. The Labute approximate surface area is 150 Å².